The highest BCUT2D eigenvalue weighted by Crippen LogP contribution is 2.20. The van der Waals surface area contributed by atoms with E-state index in [0.717, 1.165) is 41.9 Å². The molecule has 1 amide bonds. The average Bonchev–Trinajstić information content (AvgIpc) is 2.59. The molecular weight excluding hydrogens is 523 g/mol. The van der Waals surface area contributed by atoms with Crippen LogP contribution in [0, 0.1) is 12.8 Å². The fourth-order valence-electron chi connectivity index (χ4n) is 2.16. The Kier molecular flexibility index (Phi) is 14.6. The van der Waals surface area contributed by atoms with Crippen molar-refractivity contribution in [3.05, 3.63) is 28.2 Å². The van der Waals surface area contributed by atoms with Gasteiger partial charge in [0.1, 0.15) is 0 Å². The molecule has 1 aromatic rings. The Bertz CT molecular complexity index is 597. The minimum absolute atomic E-state index is 0. The van der Waals surface area contributed by atoms with Crippen molar-refractivity contribution < 1.29 is 9.53 Å². The van der Waals surface area contributed by atoms with Gasteiger partial charge in [0.2, 0.25) is 5.91 Å². The lowest BCUT2D eigenvalue weighted by Crippen LogP contribution is -2.39. The molecular formula is C19H32BrIN4O2. The fourth-order valence-corrected chi connectivity index (χ4v) is 2.52. The molecule has 0 fully saturated rings. The Morgan fingerprint density at radius 3 is 2.63 bits per heavy atom. The Morgan fingerprint density at radius 1 is 1.26 bits per heavy atom. The quantitative estimate of drug-likeness (QED) is 0.177. The molecule has 0 spiro atoms. The summed E-state index contributed by atoms with van der Waals surface area (Å²) in [6, 6.07) is 5.83. The molecule has 0 radical (unpaired) electrons. The normalized spacial score (nSPS) is 11.1. The van der Waals surface area contributed by atoms with E-state index in [4.69, 9.17) is 4.74 Å². The molecule has 1 aromatic carbocycles. The van der Waals surface area contributed by atoms with Crippen LogP contribution in [0.15, 0.2) is 27.7 Å². The molecule has 0 aliphatic rings. The van der Waals surface area contributed by atoms with Gasteiger partial charge in [-0.15, -0.1) is 24.0 Å². The topological polar surface area (TPSA) is 74.8 Å². The molecule has 0 aliphatic heterocycles. The highest BCUT2D eigenvalue weighted by atomic mass is 127. The number of ether oxygens (including phenoxy) is 1. The second-order valence-corrected chi connectivity index (χ2v) is 7.42. The van der Waals surface area contributed by atoms with Gasteiger partial charge in [-0.05, 0) is 37.0 Å². The summed E-state index contributed by atoms with van der Waals surface area (Å²) in [6.07, 6.45) is 1.28. The summed E-state index contributed by atoms with van der Waals surface area (Å²) in [7, 11) is 1.72. The van der Waals surface area contributed by atoms with E-state index in [9.17, 15) is 4.79 Å². The van der Waals surface area contributed by atoms with Crippen molar-refractivity contribution in [2.75, 3.05) is 38.7 Å². The zero-order chi connectivity index (χ0) is 19.4. The van der Waals surface area contributed by atoms with E-state index in [1.807, 2.05) is 25.1 Å². The van der Waals surface area contributed by atoms with Crippen LogP contribution in [0.25, 0.3) is 0 Å². The first kappa shape index (κ1) is 26.1. The number of aliphatic imine (C=N–C) groups is 1. The number of aryl methyl sites for hydroxylation is 1. The molecule has 0 heterocycles. The number of benzene rings is 1. The van der Waals surface area contributed by atoms with Crippen LogP contribution >= 0.6 is 39.9 Å². The van der Waals surface area contributed by atoms with E-state index < -0.39 is 0 Å². The predicted octanol–water partition coefficient (Wildman–Crippen LogP) is 3.93. The van der Waals surface area contributed by atoms with Gasteiger partial charge >= 0.3 is 0 Å². The number of hydrogen-bond donors (Lipinski definition) is 3. The monoisotopic (exact) mass is 554 g/mol. The molecule has 1 rings (SSSR count). The molecule has 3 N–H and O–H groups in total. The van der Waals surface area contributed by atoms with E-state index in [-0.39, 0.29) is 29.9 Å². The molecule has 0 saturated heterocycles. The van der Waals surface area contributed by atoms with Crippen molar-refractivity contribution in [3.8, 4) is 0 Å². The second kappa shape index (κ2) is 15.1. The summed E-state index contributed by atoms with van der Waals surface area (Å²) in [5, 5.41) is 9.30. The van der Waals surface area contributed by atoms with Crippen molar-refractivity contribution in [2.45, 2.75) is 33.6 Å². The van der Waals surface area contributed by atoms with Crippen molar-refractivity contribution in [1.29, 1.82) is 0 Å². The lowest BCUT2D eigenvalue weighted by molar-refractivity contribution is -0.116. The van der Waals surface area contributed by atoms with Gasteiger partial charge in [0, 0.05) is 49.9 Å². The molecule has 154 valence electrons. The molecule has 0 bridgehead atoms. The summed E-state index contributed by atoms with van der Waals surface area (Å²) >= 11 is 3.42. The Hall–Kier alpha value is -0.870. The third kappa shape index (κ3) is 12.2. The number of rotatable bonds is 10. The molecule has 0 atom stereocenters. The van der Waals surface area contributed by atoms with Crippen molar-refractivity contribution in [3.63, 3.8) is 0 Å². The SMILES string of the molecule is CN=C(NCCCOCC(C)C)NCCC(=O)Nc1cc(Br)ccc1C.I. The first-order valence-corrected chi connectivity index (χ1v) is 9.80. The van der Waals surface area contributed by atoms with Crippen molar-refractivity contribution in [2.24, 2.45) is 10.9 Å². The number of anilines is 1. The van der Waals surface area contributed by atoms with Crippen LogP contribution in [0.3, 0.4) is 0 Å². The van der Waals surface area contributed by atoms with Gasteiger partial charge in [-0.2, -0.15) is 0 Å². The molecule has 0 aliphatic carbocycles. The van der Waals surface area contributed by atoms with Crippen molar-refractivity contribution in [1.82, 2.24) is 10.6 Å². The Labute approximate surface area is 188 Å². The first-order valence-electron chi connectivity index (χ1n) is 9.00. The third-order valence-electron chi connectivity index (χ3n) is 3.55. The number of nitrogens with one attached hydrogen (secondary N) is 3. The molecule has 8 heteroatoms. The predicted molar refractivity (Wildman–Crippen MR) is 127 cm³/mol. The molecule has 0 saturated carbocycles. The maximum Gasteiger partial charge on any atom is 0.226 e. The first-order chi connectivity index (χ1) is 12.4. The van der Waals surface area contributed by atoms with Gasteiger partial charge in [-0.25, -0.2) is 0 Å². The van der Waals surface area contributed by atoms with Crippen LogP contribution in [-0.4, -0.2) is 45.2 Å². The number of amides is 1. The van der Waals surface area contributed by atoms with E-state index >= 15 is 0 Å². The molecule has 6 nitrogen and oxygen atoms in total. The minimum Gasteiger partial charge on any atom is -0.381 e. The zero-order valence-electron chi connectivity index (χ0n) is 16.6. The minimum atomic E-state index is -0.0313. The van der Waals surface area contributed by atoms with Gasteiger partial charge in [0.25, 0.3) is 0 Å². The Morgan fingerprint density at radius 2 is 1.96 bits per heavy atom. The summed E-state index contributed by atoms with van der Waals surface area (Å²) in [5.41, 5.74) is 1.86. The number of nitrogens with zero attached hydrogens (tertiary/aromatic N) is 1. The third-order valence-corrected chi connectivity index (χ3v) is 4.04. The van der Waals surface area contributed by atoms with E-state index in [2.05, 4.69) is 50.7 Å². The van der Waals surface area contributed by atoms with E-state index in [1.54, 1.807) is 7.05 Å². The highest BCUT2D eigenvalue weighted by molar-refractivity contribution is 14.0. The van der Waals surface area contributed by atoms with Crippen LogP contribution in [0.5, 0.6) is 0 Å². The van der Waals surface area contributed by atoms with Crippen LogP contribution in [0.1, 0.15) is 32.3 Å². The number of carbonyl (C=O) groups is 1. The van der Waals surface area contributed by atoms with Crippen LogP contribution in [0.2, 0.25) is 0 Å². The average molecular weight is 555 g/mol. The lowest BCUT2D eigenvalue weighted by atomic mass is 10.2. The zero-order valence-corrected chi connectivity index (χ0v) is 20.5. The fraction of sp³-hybridized carbons (Fsp3) is 0.579. The maximum absolute atomic E-state index is 12.1. The molecule has 27 heavy (non-hydrogen) atoms. The smallest absolute Gasteiger partial charge is 0.226 e. The van der Waals surface area contributed by atoms with E-state index in [0.29, 0.717) is 24.8 Å². The van der Waals surface area contributed by atoms with Gasteiger partial charge in [0.05, 0.1) is 0 Å². The largest absolute Gasteiger partial charge is 0.381 e. The number of carbonyl (C=O) groups excluding carboxylic acids is 1. The summed E-state index contributed by atoms with van der Waals surface area (Å²) in [5.74, 6) is 1.22. The number of guanidine groups is 1. The maximum atomic E-state index is 12.1. The lowest BCUT2D eigenvalue weighted by Gasteiger charge is -2.13. The number of hydrogen-bond acceptors (Lipinski definition) is 3. The van der Waals surface area contributed by atoms with Crippen LogP contribution in [0.4, 0.5) is 5.69 Å². The van der Waals surface area contributed by atoms with Crippen LogP contribution < -0.4 is 16.0 Å². The Balaban J connectivity index is 0.00000676. The molecule has 0 aromatic heterocycles. The second-order valence-electron chi connectivity index (χ2n) is 6.51. The summed E-state index contributed by atoms with van der Waals surface area (Å²) < 4.78 is 6.48. The molecule has 0 unspecified atom stereocenters. The van der Waals surface area contributed by atoms with Crippen molar-refractivity contribution >= 4 is 57.5 Å². The van der Waals surface area contributed by atoms with Gasteiger partial charge in [0.15, 0.2) is 5.96 Å². The van der Waals surface area contributed by atoms with Gasteiger partial charge in [-0.1, -0.05) is 35.8 Å². The summed E-state index contributed by atoms with van der Waals surface area (Å²) in [4.78, 5) is 16.2. The van der Waals surface area contributed by atoms with Gasteiger partial charge < -0.3 is 20.7 Å². The number of halogens is 2. The standard InChI is InChI=1S/C19H31BrN4O2.HI/c1-14(2)13-26-11-5-9-22-19(21-4)23-10-8-18(25)24-17-12-16(20)7-6-15(17)3;/h6-7,12,14H,5,8-11,13H2,1-4H3,(H,24,25)(H2,21,22,23);1H. The highest BCUT2D eigenvalue weighted by Gasteiger charge is 2.06. The van der Waals surface area contributed by atoms with Crippen LogP contribution in [-0.2, 0) is 9.53 Å². The van der Waals surface area contributed by atoms with E-state index in [1.165, 1.54) is 0 Å². The van der Waals surface area contributed by atoms with Gasteiger partial charge in [-0.3, -0.25) is 9.79 Å². The summed E-state index contributed by atoms with van der Waals surface area (Å²) in [6.45, 7) is 9.06.